The van der Waals surface area contributed by atoms with Crippen molar-refractivity contribution < 1.29 is 31.1 Å². The van der Waals surface area contributed by atoms with Gasteiger partial charge >= 0.3 is 18.4 Å². The van der Waals surface area contributed by atoms with Crippen molar-refractivity contribution in [3.63, 3.8) is 0 Å². The lowest BCUT2D eigenvalue weighted by Gasteiger charge is -2.36. The quantitative estimate of drug-likeness (QED) is 0.181. The number of alkyl halides is 6. The average molecular weight is 610 g/mol. The molecule has 1 aromatic heterocycles. The van der Waals surface area contributed by atoms with Crippen LogP contribution in [0.2, 0.25) is 5.15 Å². The standard InChI is InChI=1S/C30H27ClF6N4O/c31-25-17-21(10-13-39-25)18-40-27(42)41(16-2-3-20-6-8-22(9-7-20)29(32,33)34)19-28(11-14-38-15-12-28)26-23(30(35,36)37)4-1-5-24(26)41/h1-10,13,17,38H,11-12,14-16,18-19H2/p+1/b3-2+. The maximum absolute atomic E-state index is 14.4. The molecule has 0 saturated carbocycles. The molecule has 42 heavy (non-hydrogen) atoms. The van der Waals surface area contributed by atoms with E-state index < -0.39 is 39.4 Å². The fraction of sp³-hybridized carbons (Fsp3) is 0.333. The van der Waals surface area contributed by atoms with E-state index in [1.54, 1.807) is 30.4 Å². The number of pyridine rings is 1. The van der Waals surface area contributed by atoms with Crippen LogP contribution >= 0.6 is 11.6 Å². The molecule has 2 aliphatic rings. The predicted molar refractivity (Wildman–Crippen MR) is 149 cm³/mol. The first-order valence-corrected chi connectivity index (χ1v) is 13.7. The molecule has 3 heterocycles. The minimum absolute atomic E-state index is 0.00650. The topological polar surface area (TPSA) is 54.0 Å². The smallest absolute Gasteiger partial charge is 0.317 e. The van der Waals surface area contributed by atoms with Gasteiger partial charge in [0, 0.05) is 24.4 Å². The van der Waals surface area contributed by atoms with E-state index in [2.05, 4.69) is 15.6 Å². The van der Waals surface area contributed by atoms with Crippen molar-refractivity contribution in [3.05, 3.63) is 99.8 Å². The van der Waals surface area contributed by atoms with E-state index in [1.807, 2.05) is 0 Å². The molecule has 222 valence electrons. The highest BCUT2D eigenvalue weighted by molar-refractivity contribution is 6.29. The third-order valence-electron chi connectivity index (χ3n) is 8.06. The molecule has 1 spiro atoms. The number of rotatable bonds is 5. The molecular formula is C30H28ClF6N4O+. The molecule has 12 heteroatoms. The Bertz CT molecular complexity index is 1480. The summed E-state index contributed by atoms with van der Waals surface area (Å²) in [6.07, 6.45) is -3.55. The van der Waals surface area contributed by atoms with Crippen molar-refractivity contribution in [2.24, 2.45) is 0 Å². The Kier molecular flexibility index (Phi) is 8.12. The van der Waals surface area contributed by atoms with Gasteiger partial charge in [-0.3, -0.25) is 0 Å². The number of amides is 2. The van der Waals surface area contributed by atoms with Gasteiger partial charge in [0.2, 0.25) is 0 Å². The second kappa shape index (κ2) is 11.3. The van der Waals surface area contributed by atoms with Crippen molar-refractivity contribution in [2.45, 2.75) is 37.2 Å². The van der Waals surface area contributed by atoms with Crippen LogP contribution in [0.25, 0.3) is 6.08 Å². The maximum Gasteiger partial charge on any atom is 0.422 e. The molecule has 0 radical (unpaired) electrons. The zero-order valence-corrected chi connectivity index (χ0v) is 23.1. The lowest BCUT2D eigenvalue weighted by molar-refractivity contribution is -0.139. The molecule has 1 atom stereocenters. The number of fused-ring (bicyclic) bond motifs is 2. The van der Waals surface area contributed by atoms with Crippen LogP contribution in [0.1, 0.15) is 40.7 Å². The van der Waals surface area contributed by atoms with Crippen LogP contribution in [0.4, 0.5) is 36.8 Å². The molecule has 5 rings (SSSR count). The Balaban J connectivity index is 1.56. The monoisotopic (exact) mass is 609 g/mol. The third-order valence-corrected chi connectivity index (χ3v) is 8.27. The molecule has 1 saturated heterocycles. The molecule has 1 unspecified atom stereocenters. The molecule has 3 aromatic rings. The van der Waals surface area contributed by atoms with E-state index in [0.29, 0.717) is 37.1 Å². The Morgan fingerprint density at radius 3 is 2.38 bits per heavy atom. The number of quaternary nitrogens is 1. The lowest BCUT2D eigenvalue weighted by Crippen LogP contribution is -2.60. The van der Waals surface area contributed by atoms with Gasteiger partial charge in [-0.05, 0) is 73.5 Å². The van der Waals surface area contributed by atoms with Crippen molar-refractivity contribution in [1.29, 1.82) is 0 Å². The number of halogens is 7. The predicted octanol–water partition coefficient (Wildman–Crippen LogP) is 7.34. The van der Waals surface area contributed by atoms with E-state index >= 15 is 0 Å². The molecule has 2 amide bonds. The first kappa shape index (κ1) is 30.1. The van der Waals surface area contributed by atoms with Crippen molar-refractivity contribution in [1.82, 2.24) is 20.1 Å². The van der Waals surface area contributed by atoms with Crippen LogP contribution in [0.15, 0.2) is 66.9 Å². The van der Waals surface area contributed by atoms with Gasteiger partial charge in [0.15, 0.2) is 0 Å². The second-order valence-electron chi connectivity index (χ2n) is 10.7. The van der Waals surface area contributed by atoms with Gasteiger partial charge in [0.1, 0.15) is 23.9 Å². The zero-order chi connectivity index (χ0) is 30.2. The number of benzene rings is 2. The van der Waals surface area contributed by atoms with Gasteiger partial charge < -0.3 is 10.6 Å². The summed E-state index contributed by atoms with van der Waals surface area (Å²) in [5.74, 6) is 0. The van der Waals surface area contributed by atoms with Crippen LogP contribution in [0.3, 0.4) is 0 Å². The third kappa shape index (κ3) is 5.91. The van der Waals surface area contributed by atoms with Gasteiger partial charge in [-0.2, -0.15) is 26.3 Å². The number of hydrogen-bond acceptors (Lipinski definition) is 3. The number of hydrogen-bond donors (Lipinski definition) is 2. The van der Waals surface area contributed by atoms with E-state index in [-0.39, 0.29) is 36.0 Å². The average Bonchev–Trinajstić information content (AvgIpc) is 3.21. The second-order valence-corrected chi connectivity index (χ2v) is 11.1. The van der Waals surface area contributed by atoms with Crippen LogP contribution in [-0.2, 0) is 24.3 Å². The number of carbonyl (C=O) groups is 1. The Morgan fingerprint density at radius 2 is 1.74 bits per heavy atom. The van der Waals surface area contributed by atoms with Crippen LogP contribution < -0.4 is 15.1 Å². The Morgan fingerprint density at radius 1 is 1.02 bits per heavy atom. The first-order valence-electron chi connectivity index (χ1n) is 13.4. The number of nitrogens with zero attached hydrogens (tertiary/aromatic N) is 2. The maximum atomic E-state index is 14.4. The molecule has 1 fully saturated rings. The summed E-state index contributed by atoms with van der Waals surface area (Å²) in [7, 11) is 0. The summed E-state index contributed by atoms with van der Waals surface area (Å²) < 4.78 is 81.8. The zero-order valence-electron chi connectivity index (χ0n) is 22.3. The fourth-order valence-corrected chi connectivity index (χ4v) is 6.34. The van der Waals surface area contributed by atoms with Gasteiger partial charge in [0.25, 0.3) is 0 Å². The lowest BCUT2D eigenvalue weighted by atomic mass is 9.73. The summed E-state index contributed by atoms with van der Waals surface area (Å²) in [6, 6.07) is 11.3. The molecule has 0 aliphatic carbocycles. The SMILES string of the molecule is O=C(NCc1ccnc(Cl)c1)[N+]1(C/C=C/c2ccc(C(F)(F)F)cc2)CC2(CCNCC2)c2c(C(F)(F)F)cccc21. The summed E-state index contributed by atoms with van der Waals surface area (Å²) in [6.45, 7) is 1.19. The number of aromatic nitrogens is 1. The minimum atomic E-state index is -4.62. The van der Waals surface area contributed by atoms with Crippen LogP contribution in [-0.4, -0.2) is 37.2 Å². The summed E-state index contributed by atoms with van der Waals surface area (Å²) >= 11 is 5.99. The summed E-state index contributed by atoms with van der Waals surface area (Å²) in [4.78, 5) is 18.1. The normalized spacial score (nSPS) is 20.2. The van der Waals surface area contributed by atoms with Gasteiger partial charge in [0.05, 0.1) is 16.5 Å². The van der Waals surface area contributed by atoms with Crippen LogP contribution in [0, 0.1) is 0 Å². The van der Waals surface area contributed by atoms with E-state index in [4.69, 9.17) is 11.6 Å². The fourth-order valence-electron chi connectivity index (χ4n) is 6.15. The summed E-state index contributed by atoms with van der Waals surface area (Å²) in [5.41, 5.74) is -0.887. The van der Waals surface area contributed by atoms with Crippen LogP contribution in [0.5, 0.6) is 0 Å². The summed E-state index contributed by atoms with van der Waals surface area (Å²) in [5, 5.41) is 6.34. The molecule has 2 aromatic carbocycles. The van der Waals surface area contributed by atoms with E-state index in [1.165, 1.54) is 24.4 Å². The van der Waals surface area contributed by atoms with E-state index in [0.717, 1.165) is 18.2 Å². The highest BCUT2D eigenvalue weighted by Gasteiger charge is 2.60. The largest absolute Gasteiger partial charge is 0.422 e. The Hall–Kier alpha value is -3.41. The molecule has 2 aliphatic heterocycles. The van der Waals surface area contributed by atoms with Gasteiger partial charge in [-0.15, -0.1) is 0 Å². The highest BCUT2D eigenvalue weighted by atomic mass is 35.5. The molecular weight excluding hydrogens is 582 g/mol. The van der Waals surface area contributed by atoms with Gasteiger partial charge in [-0.1, -0.05) is 35.9 Å². The highest BCUT2D eigenvalue weighted by Crippen LogP contribution is 2.54. The molecule has 2 N–H and O–H groups in total. The Labute approximate surface area is 243 Å². The molecule has 5 nitrogen and oxygen atoms in total. The van der Waals surface area contributed by atoms with Crippen molar-refractivity contribution in [3.8, 4) is 0 Å². The number of nitrogens with one attached hydrogen (secondary N) is 2. The van der Waals surface area contributed by atoms with Gasteiger partial charge in [-0.25, -0.2) is 14.3 Å². The number of piperidine rings is 1. The number of urea groups is 1. The number of carbonyl (C=O) groups excluding carboxylic acids is 1. The van der Waals surface area contributed by atoms with Crippen molar-refractivity contribution >= 4 is 29.4 Å². The first-order chi connectivity index (χ1) is 19.8. The molecule has 0 bridgehead atoms. The van der Waals surface area contributed by atoms with E-state index in [9.17, 15) is 31.1 Å². The minimum Gasteiger partial charge on any atom is -0.317 e. The van der Waals surface area contributed by atoms with Crippen molar-refractivity contribution in [2.75, 3.05) is 26.2 Å².